The number of benzene rings is 1. The second-order valence-corrected chi connectivity index (χ2v) is 4.51. The Morgan fingerprint density at radius 3 is 2.58 bits per heavy atom. The third-order valence-electron chi connectivity index (χ3n) is 2.63. The molecule has 1 heterocycles. The molecular formula is C13H11ClF3NO. The zero-order valence-corrected chi connectivity index (χ0v) is 10.7. The van der Waals surface area contributed by atoms with Gasteiger partial charge in [-0.15, -0.1) is 0 Å². The topological polar surface area (TPSA) is 25.2 Å². The van der Waals surface area contributed by atoms with Crippen molar-refractivity contribution in [3.63, 3.8) is 0 Å². The number of alkyl halides is 3. The van der Waals surface area contributed by atoms with Gasteiger partial charge in [-0.05, 0) is 37.3 Å². The van der Waals surface area contributed by atoms with Crippen molar-refractivity contribution in [1.29, 1.82) is 0 Å². The van der Waals surface area contributed by atoms with E-state index in [1.54, 1.807) is 19.1 Å². The Kier molecular flexibility index (Phi) is 3.75. The van der Waals surface area contributed by atoms with Crippen LogP contribution in [0.2, 0.25) is 5.02 Å². The fraction of sp³-hybridized carbons (Fsp3) is 0.231. The number of halogens is 4. The highest BCUT2D eigenvalue weighted by molar-refractivity contribution is 6.30. The first-order valence-electron chi connectivity index (χ1n) is 5.54. The molecule has 1 aromatic heterocycles. The molecule has 6 heteroatoms. The molecule has 0 aliphatic heterocycles. The van der Waals surface area contributed by atoms with Crippen LogP contribution in [0.1, 0.15) is 24.3 Å². The Labute approximate surface area is 113 Å². The van der Waals surface area contributed by atoms with Crippen LogP contribution in [-0.4, -0.2) is 0 Å². The summed E-state index contributed by atoms with van der Waals surface area (Å²) in [4.78, 5) is 0. The molecule has 0 spiro atoms. The molecule has 0 amide bonds. The van der Waals surface area contributed by atoms with Crippen LogP contribution in [0.5, 0.6) is 0 Å². The summed E-state index contributed by atoms with van der Waals surface area (Å²) in [7, 11) is 0. The number of hydrogen-bond acceptors (Lipinski definition) is 2. The normalized spacial score (nSPS) is 13.3. The Bertz CT molecular complexity index is 552. The van der Waals surface area contributed by atoms with Gasteiger partial charge in [-0.2, -0.15) is 13.2 Å². The predicted octanol–water partition coefficient (Wildman–Crippen LogP) is 5.12. The quantitative estimate of drug-likeness (QED) is 0.848. The van der Waals surface area contributed by atoms with Gasteiger partial charge < -0.3 is 9.73 Å². The first kappa shape index (κ1) is 13.8. The van der Waals surface area contributed by atoms with Gasteiger partial charge >= 0.3 is 6.18 Å². The van der Waals surface area contributed by atoms with Gasteiger partial charge in [0.15, 0.2) is 0 Å². The first-order chi connectivity index (χ1) is 8.88. The molecule has 102 valence electrons. The van der Waals surface area contributed by atoms with Gasteiger partial charge in [0.1, 0.15) is 5.76 Å². The van der Waals surface area contributed by atoms with Gasteiger partial charge in [-0.25, -0.2) is 0 Å². The molecule has 0 saturated carbocycles. The molecule has 1 atom stereocenters. The minimum absolute atomic E-state index is 0.0270. The summed E-state index contributed by atoms with van der Waals surface area (Å²) in [6.07, 6.45) is -2.99. The van der Waals surface area contributed by atoms with E-state index in [9.17, 15) is 13.2 Å². The Morgan fingerprint density at radius 1 is 1.26 bits per heavy atom. The fourth-order valence-electron chi connectivity index (χ4n) is 1.72. The second kappa shape index (κ2) is 5.17. The minimum atomic E-state index is -4.46. The van der Waals surface area contributed by atoms with E-state index in [1.165, 1.54) is 18.4 Å². The SMILES string of the molecule is CC(Nc1ccc(Cl)cc1C(F)(F)F)c1ccco1. The van der Waals surface area contributed by atoms with Gasteiger partial charge in [0.25, 0.3) is 0 Å². The van der Waals surface area contributed by atoms with E-state index in [1.807, 2.05) is 0 Å². The van der Waals surface area contributed by atoms with Crippen molar-refractivity contribution in [1.82, 2.24) is 0 Å². The van der Waals surface area contributed by atoms with Crippen molar-refractivity contribution in [2.24, 2.45) is 0 Å². The van der Waals surface area contributed by atoms with Crippen LogP contribution >= 0.6 is 11.6 Å². The molecular weight excluding hydrogens is 279 g/mol. The van der Waals surface area contributed by atoms with Crippen molar-refractivity contribution < 1.29 is 17.6 Å². The number of hydrogen-bond donors (Lipinski definition) is 1. The van der Waals surface area contributed by atoms with Crippen LogP contribution in [0.25, 0.3) is 0 Å². The summed E-state index contributed by atoms with van der Waals surface area (Å²) >= 11 is 5.61. The van der Waals surface area contributed by atoms with Crippen LogP contribution < -0.4 is 5.32 Å². The molecule has 0 bridgehead atoms. The van der Waals surface area contributed by atoms with E-state index >= 15 is 0 Å². The summed E-state index contributed by atoms with van der Waals surface area (Å²) in [5.74, 6) is 0.558. The van der Waals surface area contributed by atoms with Crippen molar-refractivity contribution in [2.75, 3.05) is 5.32 Å². The molecule has 0 radical (unpaired) electrons. The summed E-state index contributed by atoms with van der Waals surface area (Å²) in [6.45, 7) is 1.72. The molecule has 0 aliphatic rings. The Balaban J connectivity index is 2.30. The minimum Gasteiger partial charge on any atom is -0.467 e. The highest BCUT2D eigenvalue weighted by Crippen LogP contribution is 2.37. The van der Waals surface area contributed by atoms with E-state index in [2.05, 4.69) is 5.32 Å². The lowest BCUT2D eigenvalue weighted by Crippen LogP contribution is -2.13. The lowest BCUT2D eigenvalue weighted by atomic mass is 10.1. The smallest absolute Gasteiger partial charge is 0.418 e. The number of anilines is 1. The average molecular weight is 290 g/mol. The van der Waals surface area contributed by atoms with E-state index < -0.39 is 11.7 Å². The van der Waals surface area contributed by atoms with E-state index in [0.717, 1.165) is 6.07 Å². The van der Waals surface area contributed by atoms with Crippen LogP contribution in [0.3, 0.4) is 0 Å². The summed E-state index contributed by atoms with van der Waals surface area (Å²) < 4.78 is 43.8. The number of furan rings is 1. The largest absolute Gasteiger partial charge is 0.467 e. The lowest BCUT2D eigenvalue weighted by molar-refractivity contribution is -0.137. The van der Waals surface area contributed by atoms with Crippen LogP contribution in [0.4, 0.5) is 18.9 Å². The van der Waals surface area contributed by atoms with E-state index in [0.29, 0.717) is 5.76 Å². The zero-order valence-electron chi connectivity index (χ0n) is 9.96. The molecule has 0 fully saturated rings. The third kappa shape index (κ3) is 3.23. The van der Waals surface area contributed by atoms with Gasteiger partial charge in [-0.1, -0.05) is 11.6 Å². The molecule has 2 aromatic rings. The standard InChI is InChI=1S/C13H11ClF3NO/c1-8(12-3-2-6-19-12)18-11-5-4-9(14)7-10(11)13(15,16)17/h2-8,18H,1H3. The van der Waals surface area contributed by atoms with Crippen molar-refractivity contribution in [3.05, 3.63) is 52.9 Å². The van der Waals surface area contributed by atoms with Gasteiger partial charge in [-0.3, -0.25) is 0 Å². The predicted molar refractivity (Wildman–Crippen MR) is 67.2 cm³/mol. The van der Waals surface area contributed by atoms with Crippen LogP contribution in [-0.2, 0) is 6.18 Å². The highest BCUT2D eigenvalue weighted by Gasteiger charge is 2.34. The molecule has 0 aliphatic carbocycles. The maximum Gasteiger partial charge on any atom is 0.418 e. The molecule has 19 heavy (non-hydrogen) atoms. The highest BCUT2D eigenvalue weighted by atomic mass is 35.5. The first-order valence-corrected chi connectivity index (χ1v) is 5.92. The average Bonchev–Trinajstić information content (AvgIpc) is 2.83. The van der Waals surface area contributed by atoms with Crippen molar-refractivity contribution >= 4 is 17.3 Å². The van der Waals surface area contributed by atoms with E-state index in [4.69, 9.17) is 16.0 Å². The number of rotatable bonds is 3. The summed E-state index contributed by atoms with van der Waals surface area (Å²) in [6, 6.07) is 6.62. The summed E-state index contributed by atoms with van der Waals surface area (Å²) in [5.41, 5.74) is -0.820. The lowest BCUT2D eigenvalue weighted by Gasteiger charge is -2.18. The molecule has 2 rings (SSSR count). The Morgan fingerprint density at radius 2 is 2.00 bits per heavy atom. The van der Waals surface area contributed by atoms with Gasteiger partial charge in [0.2, 0.25) is 0 Å². The molecule has 1 unspecified atom stereocenters. The second-order valence-electron chi connectivity index (χ2n) is 4.07. The van der Waals surface area contributed by atoms with E-state index in [-0.39, 0.29) is 16.8 Å². The molecule has 0 saturated heterocycles. The maximum atomic E-state index is 12.9. The summed E-state index contributed by atoms with van der Waals surface area (Å²) in [5, 5.41) is 2.82. The molecule has 1 N–H and O–H groups in total. The maximum absolute atomic E-state index is 12.9. The van der Waals surface area contributed by atoms with Gasteiger partial charge in [0.05, 0.1) is 17.9 Å². The third-order valence-corrected chi connectivity index (χ3v) is 2.86. The van der Waals surface area contributed by atoms with Crippen LogP contribution in [0.15, 0.2) is 41.0 Å². The zero-order chi connectivity index (χ0) is 14.0. The van der Waals surface area contributed by atoms with Crippen molar-refractivity contribution in [2.45, 2.75) is 19.1 Å². The van der Waals surface area contributed by atoms with Crippen molar-refractivity contribution in [3.8, 4) is 0 Å². The van der Waals surface area contributed by atoms with Crippen LogP contribution in [0, 0.1) is 0 Å². The number of nitrogens with one attached hydrogen (secondary N) is 1. The molecule has 1 aromatic carbocycles. The monoisotopic (exact) mass is 289 g/mol. The Hall–Kier alpha value is -1.62. The molecule has 2 nitrogen and oxygen atoms in total. The van der Waals surface area contributed by atoms with Gasteiger partial charge in [0, 0.05) is 10.7 Å². The fourth-order valence-corrected chi connectivity index (χ4v) is 1.89.